The number of rotatable bonds is 5. The average molecular weight is 392 g/mol. The first kappa shape index (κ1) is 20.4. The fourth-order valence-electron chi connectivity index (χ4n) is 2.35. The Morgan fingerprint density at radius 2 is 1.35 bits per heavy atom. The Balaban J connectivity index is 1.82. The molecule has 2 rings (SSSR count). The highest BCUT2D eigenvalue weighted by molar-refractivity contribution is 7.89. The van der Waals surface area contributed by atoms with Crippen LogP contribution in [0.2, 0.25) is 0 Å². The van der Waals surface area contributed by atoms with Crippen LogP contribution in [-0.2, 0) is 28.5 Å². The van der Waals surface area contributed by atoms with Gasteiger partial charge in [-0.05, 0) is 46.5 Å². The number of benzene rings is 2. The fraction of sp³-hybridized carbons (Fsp3) is 0.316. The molecule has 0 heterocycles. The van der Waals surface area contributed by atoms with Gasteiger partial charge >= 0.3 is 0 Å². The minimum atomic E-state index is -3.66. The fourth-order valence-corrected chi connectivity index (χ4v) is 3.01. The first-order chi connectivity index (χ1) is 12.1. The van der Waals surface area contributed by atoms with Crippen LogP contribution in [0, 0.1) is 0 Å². The second kappa shape index (κ2) is 8.16. The summed E-state index contributed by atoms with van der Waals surface area (Å²) in [5.41, 5.74) is 3.50. The van der Waals surface area contributed by atoms with Crippen LogP contribution in [0.3, 0.4) is 0 Å². The molecule has 0 saturated heterocycles. The van der Waals surface area contributed by atoms with Crippen molar-refractivity contribution < 1.29 is 8.42 Å². The van der Waals surface area contributed by atoms with Crippen molar-refractivity contribution in [3.63, 3.8) is 0 Å². The molecule has 140 valence electrons. The van der Waals surface area contributed by atoms with Crippen molar-refractivity contribution in [1.29, 1.82) is 0 Å². The molecule has 0 unspecified atom stereocenters. The molecule has 0 aromatic heterocycles. The van der Waals surface area contributed by atoms with Gasteiger partial charge in [0.2, 0.25) is 10.0 Å². The molecule has 4 N–H and O–H groups in total. The predicted octanol–water partition coefficient (Wildman–Crippen LogP) is 2.80. The lowest BCUT2D eigenvalue weighted by atomic mass is 9.87. The van der Waals surface area contributed by atoms with Crippen molar-refractivity contribution in [1.82, 2.24) is 10.6 Å². The van der Waals surface area contributed by atoms with E-state index in [2.05, 4.69) is 55.7 Å². The zero-order valence-electron chi connectivity index (χ0n) is 15.2. The first-order valence-corrected chi connectivity index (χ1v) is 10.2. The van der Waals surface area contributed by atoms with Crippen LogP contribution in [0.4, 0.5) is 0 Å². The van der Waals surface area contributed by atoms with Gasteiger partial charge in [-0.3, -0.25) is 0 Å². The molecule has 2 aromatic rings. The number of nitrogens with two attached hydrogens (primary N) is 1. The number of nitrogens with one attached hydrogen (secondary N) is 2. The van der Waals surface area contributed by atoms with E-state index in [9.17, 15) is 8.42 Å². The standard InChI is InChI=1S/C19H25N3O2S2/c1-19(2,3)16-8-4-14(5-9-16)12-21-18(25)22-13-15-6-10-17(11-7-15)26(20,23)24/h4-11H,12-13H2,1-3H3,(H2,20,23,24)(H2,21,22,25). The van der Waals surface area contributed by atoms with E-state index >= 15 is 0 Å². The summed E-state index contributed by atoms with van der Waals surface area (Å²) in [5, 5.41) is 11.9. The van der Waals surface area contributed by atoms with Gasteiger partial charge in [0, 0.05) is 13.1 Å². The van der Waals surface area contributed by atoms with Gasteiger partial charge in [-0.1, -0.05) is 57.2 Å². The third-order valence-corrected chi connectivity index (χ3v) is 5.20. The molecule has 0 aliphatic rings. The van der Waals surface area contributed by atoms with Crippen molar-refractivity contribution in [2.75, 3.05) is 0 Å². The number of thiocarbonyl (C=S) groups is 1. The Kier molecular flexibility index (Phi) is 6.39. The lowest BCUT2D eigenvalue weighted by Gasteiger charge is -2.19. The van der Waals surface area contributed by atoms with E-state index in [-0.39, 0.29) is 10.3 Å². The van der Waals surface area contributed by atoms with Gasteiger partial charge in [0.1, 0.15) is 0 Å². The quantitative estimate of drug-likeness (QED) is 0.683. The molecule has 2 aromatic carbocycles. The van der Waals surface area contributed by atoms with Crippen LogP contribution in [0.15, 0.2) is 53.4 Å². The number of primary sulfonamides is 1. The summed E-state index contributed by atoms with van der Waals surface area (Å²) >= 11 is 5.28. The van der Waals surface area contributed by atoms with Crippen molar-refractivity contribution in [2.45, 2.75) is 44.2 Å². The van der Waals surface area contributed by atoms with Gasteiger partial charge < -0.3 is 10.6 Å². The van der Waals surface area contributed by atoms with Gasteiger partial charge in [-0.2, -0.15) is 0 Å². The Labute approximate surface area is 161 Å². The van der Waals surface area contributed by atoms with E-state index in [1.807, 2.05) is 0 Å². The van der Waals surface area contributed by atoms with Gasteiger partial charge in [-0.25, -0.2) is 13.6 Å². The summed E-state index contributed by atoms with van der Waals surface area (Å²) < 4.78 is 22.5. The van der Waals surface area contributed by atoms with Crippen LogP contribution in [0.1, 0.15) is 37.5 Å². The first-order valence-electron chi connectivity index (χ1n) is 8.28. The molecule has 0 aliphatic heterocycles. The molecular formula is C19H25N3O2S2. The summed E-state index contributed by atoms with van der Waals surface area (Å²) in [7, 11) is -3.66. The average Bonchev–Trinajstić information content (AvgIpc) is 2.57. The highest BCUT2D eigenvalue weighted by atomic mass is 32.2. The largest absolute Gasteiger partial charge is 0.359 e. The van der Waals surface area contributed by atoms with E-state index in [0.29, 0.717) is 18.2 Å². The van der Waals surface area contributed by atoms with Crippen molar-refractivity contribution >= 4 is 27.4 Å². The minimum absolute atomic E-state index is 0.0978. The molecular weight excluding hydrogens is 366 g/mol. The van der Waals surface area contributed by atoms with E-state index in [4.69, 9.17) is 17.4 Å². The second-order valence-corrected chi connectivity index (χ2v) is 9.14. The van der Waals surface area contributed by atoms with Gasteiger partial charge in [0.05, 0.1) is 4.90 Å². The zero-order chi connectivity index (χ0) is 19.4. The van der Waals surface area contributed by atoms with Gasteiger partial charge in [-0.15, -0.1) is 0 Å². The third-order valence-electron chi connectivity index (χ3n) is 3.98. The van der Waals surface area contributed by atoms with Crippen LogP contribution in [0.5, 0.6) is 0 Å². The predicted molar refractivity (Wildman–Crippen MR) is 109 cm³/mol. The molecule has 0 radical (unpaired) electrons. The molecule has 0 saturated carbocycles. The molecule has 0 atom stereocenters. The maximum absolute atomic E-state index is 11.2. The van der Waals surface area contributed by atoms with Gasteiger partial charge in [0.15, 0.2) is 5.11 Å². The Bertz CT molecular complexity index is 853. The van der Waals surface area contributed by atoms with E-state index in [1.54, 1.807) is 12.1 Å². The van der Waals surface area contributed by atoms with E-state index in [1.165, 1.54) is 17.7 Å². The maximum Gasteiger partial charge on any atom is 0.238 e. The Morgan fingerprint density at radius 3 is 1.73 bits per heavy atom. The molecule has 26 heavy (non-hydrogen) atoms. The second-order valence-electron chi connectivity index (χ2n) is 7.17. The molecule has 0 fully saturated rings. The highest BCUT2D eigenvalue weighted by Crippen LogP contribution is 2.22. The summed E-state index contributed by atoms with van der Waals surface area (Å²) in [6, 6.07) is 14.9. The lowest BCUT2D eigenvalue weighted by molar-refractivity contribution is 0.590. The number of hydrogen-bond donors (Lipinski definition) is 3. The zero-order valence-corrected chi connectivity index (χ0v) is 16.9. The Hall–Kier alpha value is -1.96. The molecule has 0 spiro atoms. The normalized spacial score (nSPS) is 11.8. The molecule has 5 nitrogen and oxygen atoms in total. The monoisotopic (exact) mass is 391 g/mol. The number of sulfonamides is 1. The summed E-state index contributed by atoms with van der Waals surface area (Å²) in [5.74, 6) is 0. The smallest absolute Gasteiger partial charge is 0.238 e. The van der Waals surface area contributed by atoms with E-state index < -0.39 is 10.0 Å². The highest BCUT2D eigenvalue weighted by Gasteiger charge is 2.12. The molecule has 0 bridgehead atoms. The lowest BCUT2D eigenvalue weighted by Crippen LogP contribution is -2.34. The SMILES string of the molecule is CC(C)(C)c1ccc(CNC(=S)NCc2ccc(S(N)(=O)=O)cc2)cc1. The molecule has 0 amide bonds. The van der Waals surface area contributed by atoms with Crippen LogP contribution < -0.4 is 15.8 Å². The van der Waals surface area contributed by atoms with Crippen LogP contribution >= 0.6 is 12.2 Å². The Morgan fingerprint density at radius 1 is 0.923 bits per heavy atom. The van der Waals surface area contributed by atoms with Crippen molar-refractivity contribution in [3.05, 3.63) is 65.2 Å². The van der Waals surface area contributed by atoms with E-state index in [0.717, 1.165) is 11.1 Å². The van der Waals surface area contributed by atoms with Crippen LogP contribution in [-0.4, -0.2) is 13.5 Å². The van der Waals surface area contributed by atoms with Crippen molar-refractivity contribution in [3.8, 4) is 0 Å². The topological polar surface area (TPSA) is 84.2 Å². The molecule has 7 heteroatoms. The van der Waals surface area contributed by atoms with Crippen molar-refractivity contribution in [2.24, 2.45) is 5.14 Å². The number of hydrogen-bond acceptors (Lipinski definition) is 3. The molecule has 0 aliphatic carbocycles. The summed E-state index contributed by atoms with van der Waals surface area (Å²) in [6.07, 6.45) is 0. The summed E-state index contributed by atoms with van der Waals surface area (Å²) in [4.78, 5) is 0.0978. The third kappa shape index (κ3) is 6.09. The minimum Gasteiger partial charge on any atom is -0.359 e. The summed E-state index contributed by atoms with van der Waals surface area (Å²) in [6.45, 7) is 7.71. The van der Waals surface area contributed by atoms with Crippen LogP contribution in [0.25, 0.3) is 0 Å². The van der Waals surface area contributed by atoms with Gasteiger partial charge in [0.25, 0.3) is 0 Å². The maximum atomic E-state index is 11.2.